The van der Waals surface area contributed by atoms with E-state index in [0.29, 0.717) is 12.4 Å². The average Bonchev–Trinajstić information content (AvgIpc) is 2.48. The van der Waals surface area contributed by atoms with Crippen LogP contribution >= 0.6 is 0 Å². The van der Waals surface area contributed by atoms with E-state index in [-0.39, 0.29) is 11.9 Å². The number of nitrogens with two attached hydrogens (primary N) is 1. The van der Waals surface area contributed by atoms with E-state index in [1.807, 2.05) is 0 Å². The average molecular weight is 264 g/mol. The predicted molar refractivity (Wildman–Crippen MR) is 72.0 cm³/mol. The van der Waals surface area contributed by atoms with Gasteiger partial charge in [-0.1, -0.05) is 6.42 Å². The number of carbonyl (C=O) groups is 1. The van der Waals surface area contributed by atoms with Crippen LogP contribution in [0.4, 0.5) is 5.82 Å². The number of carbonyl (C=O) groups excluding carboxylic acids is 1. The van der Waals surface area contributed by atoms with Crippen LogP contribution in [0.2, 0.25) is 0 Å². The van der Waals surface area contributed by atoms with Crippen molar-refractivity contribution in [2.45, 2.75) is 31.8 Å². The van der Waals surface area contributed by atoms with Crippen molar-refractivity contribution < 1.29 is 4.79 Å². The number of likely N-dealkylation sites (tertiary alicyclic amines) is 1. The van der Waals surface area contributed by atoms with Gasteiger partial charge in [-0.15, -0.1) is 0 Å². The molecule has 19 heavy (non-hydrogen) atoms. The lowest BCUT2D eigenvalue weighted by Gasteiger charge is -2.33. The first-order valence-corrected chi connectivity index (χ1v) is 6.47. The Hall–Kier alpha value is -1.73. The van der Waals surface area contributed by atoms with E-state index in [0.717, 1.165) is 31.5 Å². The second kappa shape index (κ2) is 6.44. The zero-order chi connectivity index (χ0) is 13.7. The molecule has 104 valence electrons. The number of anilines is 1. The van der Waals surface area contributed by atoms with Crippen LogP contribution in [0.5, 0.6) is 0 Å². The summed E-state index contributed by atoms with van der Waals surface area (Å²) >= 11 is 0. The minimum Gasteiger partial charge on any atom is -0.358 e. The number of likely N-dealkylation sites (N-methyl/N-ethyl adjacent to an activating group) is 1. The maximum Gasteiger partial charge on any atom is 0.237 e. The third kappa shape index (κ3) is 3.39. The summed E-state index contributed by atoms with van der Waals surface area (Å²) in [4.78, 5) is 22.4. The van der Waals surface area contributed by atoms with Crippen molar-refractivity contribution in [3.8, 4) is 0 Å². The largest absolute Gasteiger partial charge is 0.358 e. The summed E-state index contributed by atoms with van der Waals surface area (Å²) in [5, 5.41) is 2.73. The predicted octanol–water partition coefficient (Wildman–Crippen LogP) is -0.137. The number of piperidine rings is 1. The van der Waals surface area contributed by atoms with Crippen molar-refractivity contribution in [2.75, 3.05) is 19.0 Å². The molecule has 1 atom stereocenters. The lowest BCUT2D eigenvalue weighted by molar-refractivity contribution is -0.127. The fraction of sp³-hybridized carbons (Fsp3) is 0.583. The molecule has 1 aromatic heterocycles. The Morgan fingerprint density at radius 2 is 2.32 bits per heavy atom. The number of rotatable bonds is 4. The Morgan fingerprint density at radius 1 is 1.47 bits per heavy atom. The summed E-state index contributed by atoms with van der Waals surface area (Å²) in [6, 6.07) is -0.0622. The monoisotopic (exact) mass is 264 g/mol. The van der Waals surface area contributed by atoms with Crippen molar-refractivity contribution in [3.05, 3.63) is 18.1 Å². The molecule has 7 nitrogen and oxygen atoms in total. The van der Waals surface area contributed by atoms with Gasteiger partial charge in [0.1, 0.15) is 0 Å². The van der Waals surface area contributed by atoms with Gasteiger partial charge in [0, 0.05) is 13.6 Å². The third-order valence-corrected chi connectivity index (χ3v) is 3.38. The Morgan fingerprint density at radius 3 is 2.95 bits per heavy atom. The normalized spacial score (nSPS) is 20.0. The highest BCUT2D eigenvalue weighted by atomic mass is 16.2. The summed E-state index contributed by atoms with van der Waals surface area (Å²) in [5.41, 5.74) is 3.29. The van der Waals surface area contributed by atoms with E-state index in [9.17, 15) is 4.79 Å². The molecular weight excluding hydrogens is 244 g/mol. The van der Waals surface area contributed by atoms with E-state index < -0.39 is 0 Å². The molecule has 2 rings (SSSR count). The van der Waals surface area contributed by atoms with Crippen LogP contribution in [0.3, 0.4) is 0 Å². The molecule has 0 aliphatic carbocycles. The third-order valence-electron chi connectivity index (χ3n) is 3.38. The number of nitrogens with zero attached hydrogens (tertiary/aromatic N) is 3. The van der Waals surface area contributed by atoms with Gasteiger partial charge in [0.2, 0.25) is 5.91 Å². The lowest BCUT2D eigenvalue weighted by atomic mass is 10.0. The summed E-state index contributed by atoms with van der Waals surface area (Å²) in [5.74, 6) is 5.86. The number of hydrogen-bond donors (Lipinski definition) is 3. The van der Waals surface area contributed by atoms with Crippen LogP contribution in [-0.4, -0.2) is 40.4 Å². The molecule has 0 radical (unpaired) electrons. The van der Waals surface area contributed by atoms with Gasteiger partial charge in [-0.05, 0) is 19.4 Å². The van der Waals surface area contributed by atoms with Crippen molar-refractivity contribution >= 4 is 11.7 Å². The van der Waals surface area contributed by atoms with Gasteiger partial charge < -0.3 is 10.7 Å². The molecule has 1 amide bonds. The van der Waals surface area contributed by atoms with E-state index >= 15 is 0 Å². The quantitative estimate of drug-likeness (QED) is 0.517. The number of hydrazine groups is 1. The molecule has 0 saturated carbocycles. The van der Waals surface area contributed by atoms with Gasteiger partial charge >= 0.3 is 0 Å². The summed E-state index contributed by atoms with van der Waals surface area (Å²) in [6.07, 6.45) is 6.38. The van der Waals surface area contributed by atoms with E-state index in [2.05, 4.69) is 25.6 Å². The molecule has 1 aliphatic rings. The molecule has 0 bridgehead atoms. The van der Waals surface area contributed by atoms with Crippen molar-refractivity contribution in [3.63, 3.8) is 0 Å². The topological polar surface area (TPSA) is 96.2 Å². The number of amides is 1. The zero-order valence-corrected chi connectivity index (χ0v) is 11.1. The molecule has 2 heterocycles. The second-order valence-electron chi connectivity index (χ2n) is 4.63. The fourth-order valence-corrected chi connectivity index (χ4v) is 2.36. The van der Waals surface area contributed by atoms with Crippen molar-refractivity contribution in [1.82, 2.24) is 20.2 Å². The van der Waals surface area contributed by atoms with Gasteiger partial charge in [0.05, 0.1) is 24.1 Å². The molecule has 1 fully saturated rings. The van der Waals surface area contributed by atoms with Crippen LogP contribution in [0.25, 0.3) is 0 Å². The van der Waals surface area contributed by atoms with Crippen LogP contribution in [0.1, 0.15) is 25.0 Å². The molecule has 1 aliphatic heterocycles. The number of aromatic nitrogens is 2. The standard InChI is InChI=1S/C12H20N6O/c1-14-12(19)10-4-2-3-5-18(10)8-9-6-16-11(17-13)7-15-9/h6-7,10H,2-5,8,13H2,1H3,(H,14,19)(H,16,17). The second-order valence-corrected chi connectivity index (χ2v) is 4.63. The summed E-state index contributed by atoms with van der Waals surface area (Å²) in [6.45, 7) is 1.55. The summed E-state index contributed by atoms with van der Waals surface area (Å²) < 4.78 is 0. The van der Waals surface area contributed by atoms with Gasteiger partial charge in [-0.25, -0.2) is 10.8 Å². The van der Waals surface area contributed by atoms with Crippen molar-refractivity contribution in [2.24, 2.45) is 5.84 Å². The first-order valence-electron chi connectivity index (χ1n) is 6.47. The van der Waals surface area contributed by atoms with Gasteiger partial charge in [0.15, 0.2) is 5.82 Å². The molecule has 4 N–H and O–H groups in total. The highest BCUT2D eigenvalue weighted by Crippen LogP contribution is 2.19. The maximum absolute atomic E-state index is 11.9. The molecule has 1 aromatic rings. The Kier molecular flexibility index (Phi) is 4.64. The van der Waals surface area contributed by atoms with Crippen LogP contribution in [0, 0.1) is 0 Å². The Labute approximate surface area is 112 Å². The minimum absolute atomic E-state index is 0.0622. The lowest BCUT2D eigenvalue weighted by Crippen LogP contribution is -2.48. The highest BCUT2D eigenvalue weighted by Gasteiger charge is 2.28. The number of hydrogen-bond acceptors (Lipinski definition) is 6. The number of nitrogens with one attached hydrogen (secondary N) is 2. The zero-order valence-electron chi connectivity index (χ0n) is 11.1. The van der Waals surface area contributed by atoms with Crippen LogP contribution < -0.4 is 16.6 Å². The molecule has 1 saturated heterocycles. The van der Waals surface area contributed by atoms with Gasteiger partial charge in [0.25, 0.3) is 0 Å². The minimum atomic E-state index is -0.0622. The van der Waals surface area contributed by atoms with E-state index in [4.69, 9.17) is 5.84 Å². The van der Waals surface area contributed by atoms with Crippen molar-refractivity contribution in [1.29, 1.82) is 0 Å². The maximum atomic E-state index is 11.9. The molecular formula is C12H20N6O. The first-order chi connectivity index (χ1) is 9.24. The van der Waals surface area contributed by atoms with Crippen LogP contribution in [0.15, 0.2) is 12.4 Å². The Bertz CT molecular complexity index is 421. The fourth-order valence-electron chi connectivity index (χ4n) is 2.36. The summed E-state index contributed by atoms with van der Waals surface area (Å²) in [7, 11) is 1.68. The van der Waals surface area contributed by atoms with Gasteiger partial charge in [-0.2, -0.15) is 0 Å². The SMILES string of the molecule is CNC(=O)C1CCCCN1Cc1cnc(NN)cn1. The number of nitrogen functional groups attached to an aromatic ring is 1. The molecule has 0 spiro atoms. The smallest absolute Gasteiger partial charge is 0.237 e. The highest BCUT2D eigenvalue weighted by molar-refractivity contribution is 5.81. The Balaban J connectivity index is 2.03. The molecule has 1 unspecified atom stereocenters. The molecule has 7 heteroatoms. The van der Waals surface area contributed by atoms with E-state index in [1.165, 1.54) is 0 Å². The first kappa shape index (κ1) is 13.7. The van der Waals surface area contributed by atoms with Crippen LogP contribution in [-0.2, 0) is 11.3 Å². The molecule has 0 aromatic carbocycles. The van der Waals surface area contributed by atoms with E-state index in [1.54, 1.807) is 19.4 Å². The van der Waals surface area contributed by atoms with Gasteiger partial charge in [-0.3, -0.25) is 14.7 Å².